The van der Waals surface area contributed by atoms with E-state index in [0.717, 1.165) is 43.5 Å². The fraction of sp³-hybridized carbons (Fsp3) is 0.241. The van der Waals surface area contributed by atoms with E-state index in [9.17, 15) is 51.7 Å². The monoisotopic (exact) mass is 897 g/mol. The summed E-state index contributed by atoms with van der Waals surface area (Å²) >= 11 is 0. The number of nitrogens with zero attached hydrogens (tertiary/aromatic N) is 4. The van der Waals surface area contributed by atoms with E-state index in [2.05, 4.69) is 34.1 Å². The van der Waals surface area contributed by atoms with Crippen molar-refractivity contribution in [3.8, 4) is 17.2 Å². The largest absolute Gasteiger partial charge is 0.506 e. The molecule has 28 heteroatoms. The molecule has 4 aromatic rings. The van der Waals surface area contributed by atoms with E-state index in [1.165, 1.54) is 32.4 Å². The first-order valence-electron chi connectivity index (χ1n) is 15.3. The van der Waals surface area contributed by atoms with Gasteiger partial charge in [0.15, 0.2) is 25.4 Å². The molecule has 4 rings (SSSR count). The number of anilines is 1. The Morgan fingerprint density at radius 3 is 1.65 bits per heavy atom. The molecule has 0 atom stereocenters. The number of nitrogens with one attached hydrogen (secondary N) is 1. The van der Waals surface area contributed by atoms with Crippen LogP contribution in [0.5, 0.6) is 17.2 Å². The predicted molar refractivity (Wildman–Crippen MR) is 198 cm³/mol. The van der Waals surface area contributed by atoms with Crippen molar-refractivity contribution >= 4 is 89.8 Å². The second-order valence-corrected chi connectivity index (χ2v) is 18.9. The minimum atomic E-state index is -5.20. The first-order valence-corrected chi connectivity index (χ1v) is 22.7. The van der Waals surface area contributed by atoms with E-state index in [-0.39, 0.29) is 44.2 Å². The molecule has 4 aromatic carbocycles. The number of aromatic hydroxyl groups is 1. The van der Waals surface area contributed by atoms with E-state index in [1.54, 1.807) is 0 Å². The molecule has 310 valence electrons. The third kappa shape index (κ3) is 11.4. The van der Waals surface area contributed by atoms with Crippen LogP contribution < -0.4 is 14.8 Å². The van der Waals surface area contributed by atoms with Crippen molar-refractivity contribution in [2.45, 2.75) is 14.7 Å². The van der Waals surface area contributed by atoms with Crippen molar-refractivity contribution in [2.75, 3.05) is 51.3 Å². The highest BCUT2D eigenvalue weighted by Gasteiger charge is 2.26. The molecule has 0 aromatic heterocycles. The zero-order valence-corrected chi connectivity index (χ0v) is 33.4. The molecular formula is C29H31N5O18S5. The molecule has 0 unspecified atom stereocenters. The van der Waals surface area contributed by atoms with Gasteiger partial charge in [-0.05, 0) is 54.6 Å². The van der Waals surface area contributed by atoms with Crippen molar-refractivity contribution < 1.29 is 78.7 Å². The second-order valence-electron chi connectivity index (χ2n) is 11.1. The van der Waals surface area contributed by atoms with Gasteiger partial charge in [-0.3, -0.25) is 13.7 Å². The Labute approximate surface area is 325 Å². The second kappa shape index (κ2) is 17.3. The minimum Gasteiger partial charge on any atom is -0.506 e. The summed E-state index contributed by atoms with van der Waals surface area (Å²) in [5.41, 5.74) is -1.19. The number of phenolic OH excluding ortho intramolecular Hbond substituents is 1. The van der Waals surface area contributed by atoms with Crippen LogP contribution in [0, 0.1) is 0 Å². The number of rotatable bonds is 18. The number of benzene rings is 4. The quantitative estimate of drug-likeness (QED) is 0.0699. The smallest absolute Gasteiger partial charge is 0.397 e. The average molecular weight is 898 g/mol. The highest BCUT2D eigenvalue weighted by atomic mass is 32.3. The van der Waals surface area contributed by atoms with E-state index in [4.69, 9.17) is 18.6 Å². The lowest BCUT2D eigenvalue weighted by Crippen LogP contribution is -2.15. The summed E-state index contributed by atoms with van der Waals surface area (Å²) in [5, 5.41) is 29.3. The first-order chi connectivity index (χ1) is 26.4. The van der Waals surface area contributed by atoms with E-state index >= 15 is 0 Å². The summed E-state index contributed by atoms with van der Waals surface area (Å²) in [6.45, 7) is -1.86. The summed E-state index contributed by atoms with van der Waals surface area (Å²) in [6, 6.07) is 9.91. The summed E-state index contributed by atoms with van der Waals surface area (Å²) in [4.78, 5) is -1.79. The van der Waals surface area contributed by atoms with Gasteiger partial charge in [-0.15, -0.1) is 20.5 Å². The molecule has 0 bridgehead atoms. The van der Waals surface area contributed by atoms with Gasteiger partial charge in [-0.1, -0.05) is 0 Å². The zero-order valence-electron chi connectivity index (χ0n) is 29.4. The number of methoxy groups -OCH3 is 2. The highest BCUT2D eigenvalue weighted by molar-refractivity contribution is 7.91. The van der Waals surface area contributed by atoms with E-state index < -0.39 is 102 Å². The van der Waals surface area contributed by atoms with Crippen LogP contribution in [0.3, 0.4) is 0 Å². The Balaban J connectivity index is 1.86. The van der Waals surface area contributed by atoms with Crippen molar-refractivity contribution in [3.63, 3.8) is 0 Å². The van der Waals surface area contributed by atoms with Crippen molar-refractivity contribution in [2.24, 2.45) is 20.5 Å². The van der Waals surface area contributed by atoms with Gasteiger partial charge in [-0.25, -0.2) is 25.2 Å². The third-order valence-electron chi connectivity index (χ3n) is 7.44. The SMILES string of the molecule is CNc1ccc2c(OC)c(N=Nc3cc(S(=O)(=O)CCOS(=O)(=O)O)ccc3O)c(S(=O)(=O)O)cc2c1N=Nc1cc(S(=O)(=O)CCOS(=O)(=O)O)ccc1OC. The van der Waals surface area contributed by atoms with Gasteiger partial charge in [0.1, 0.15) is 39.1 Å². The van der Waals surface area contributed by atoms with Gasteiger partial charge >= 0.3 is 20.8 Å². The summed E-state index contributed by atoms with van der Waals surface area (Å²) in [5.74, 6) is -2.74. The maximum Gasteiger partial charge on any atom is 0.397 e. The van der Waals surface area contributed by atoms with Gasteiger partial charge in [0.2, 0.25) is 0 Å². The maximum absolute atomic E-state index is 12.9. The Kier molecular flexibility index (Phi) is 13.6. The Morgan fingerprint density at radius 1 is 0.614 bits per heavy atom. The Morgan fingerprint density at radius 2 is 1.14 bits per heavy atom. The van der Waals surface area contributed by atoms with Crippen molar-refractivity contribution in [1.29, 1.82) is 0 Å². The normalized spacial score (nSPS) is 13.1. The highest BCUT2D eigenvalue weighted by Crippen LogP contribution is 2.47. The lowest BCUT2D eigenvalue weighted by molar-refractivity contribution is 0.282. The van der Waals surface area contributed by atoms with Crippen molar-refractivity contribution in [3.05, 3.63) is 54.6 Å². The van der Waals surface area contributed by atoms with Gasteiger partial charge < -0.3 is 19.9 Å². The molecule has 23 nitrogen and oxygen atoms in total. The van der Waals surface area contributed by atoms with Crippen LogP contribution >= 0.6 is 0 Å². The van der Waals surface area contributed by atoms with Gasteiger partial charge in [0.05, 0.1) is 54.4 Å². The van der Waals surface area contributed by atoms with Crippen LogP contribution in [0.1, 0.15) is 0 Å². The number of hydrogen-bond donors (Lipinski definition) is 5. The van der Waals surface area contributed by atoms with Crippen molar-refractivity contribution in [1.82, 2.24) is 0 Å². The number of hydrogen-bond acceptors (Lipinski definition) is 20. The van der Waals surface area contributed by atoms with Gasteiger partial charge in [-0.2, -0.15) is 25.3 Å². The lowest BCUT2D eigenvalue weighted by Gasteiger charge is -2.15. The molecule has 0 spiro atoms. The Bertz CT molecular complexity index is 2830. The number of sulfone groups is 2. The lowest BCUT2D eigenvalue weighted by atomic mass is 10.0. The summed E-state index contributed by atoms with van der Waals surface area (Å²) in [7, 11) is -19.7. The van der Waals surface area contributed by atoms with Crippen LogP contribution in [0.25, 0.3) is 10.8 Å². The fourth-order valence-corrected chi connectivity index (χ4v) is 8.51. The van der Waals surface area contributed by atoms with Crippen LogP contribution in [-0.4, -0.2) is 107 Å². The molecule has 0 saturated carbocycles. The number of azo groups is 2. The molecule has 0 fully saturated rings. The summed E-state index contributed by atoms with van der Waals surface area (Å²) < 4.78 is 167. The topological polar surface area (TPSA) is 350 Å². The molecule has 5 N–H and O–H groups in total. The van der Waals surface area contributed by atoms with Crippen LogP contribution in [0.15, 0.2) is 89.7 Å². The third-order valence-corrected chi connectivity index (χ3v) is 12.6. The maximum atomic E-state index is 12.9. The number of ether oxygens (including phenoxy) is 2. The van der Waals surface area contributed by atoms with Crippen LogP contribution in [0.4, 0.5) is 28.4 Å². The molecule has 0 amide bonds. The molecule has 0 aliphatic carbocycles. The Hall–Kier alpha value is -4.91. The summed E-state index contributed by atoms with van der Waals surface area (Å²) in [6.07, 6.45) is 0. The molecule has 57 heavy (non-hydrogen) atoms. The average Bonchev–Trinajstić information content (AvgIpc) is 3.10. The van der Waals surface area contributed by atoms with Crippen LogP contribution in [0.2, 0.25) is 0 Å². The molecule has 0 radical (unpaired) electrons. The zero-order chi connectivity index (χ0) is 42.6. The fourth-order valence-electron chi connectivity index (χ4n) is 4.86. The minimum absolute atomic E-state index is 0.0172. The van der Waals surface area contributed by atoms with Crippen LogP contribution in [-0.2, 0) is 59.0 Å². The molecule has 0 aliphatic rings. The predicted octanol–water partition coefficient (Wildman–Crippen LogP) is 3.87. The van der Waals surface area contributed by atoms with Gasteiger partial charge in [0.25, 0.3) is 10.1 Å². The molecular weight excluding hydrogens is 867 g/mol. The number of fused-ring (bicyclic) bond motifs is 1. The molecule has 0 aliphatic heterocycles. The van der Waals surface area contributed by atoms with E-state index in [0.29, 0.717) is 0 Å². The van der Waals surface area contributed by atoms with E-state index in [1.807, 2.05) is 0 Å². The first kappa shape index (κ1) is 44.8. The molecule has 0 saturated heterocycles. The number of phenols is 1. The molecule has 0 heterocycles. The van der Waals surface area contributed by atoms with Gasteiger partial charge in [0, 0.05) is 17.8 Å². The standard InChI is InChI=1S/C29H31N5O18S5/c1-30-21-7-6-19-20(27(21)33-32-23-15-18(5-9-25(23)49-2)54(38,39)13-11-52-57(46,47)48)16-26(55(40,41)42)28(29(19)50-3)34-31-22-14-17(4-8-24(22)35)53(36,37)12-10-51-56(43,44)45/h4-9,14-16,30,35H,10-13H2,1-3H3,(H,40,41,42)(H,43,44,45)(H,46,47,48).